The van der Waals surface area contributed by atoms with Crippen molar-refractivity contribution in [1.82, 2.24) is 9.36 Å². The van der Waals surface area contributed by atoms with Gasteiger partial charge >= 0.3 is 5.97 Å². The molecule has 1 unspecified atom stereocenters. The second-order valence-electron chi connectivity index (χ2n) is 4.82. The lowest BCUT2D eigenvalue weighted by atomic mass is 10.0. The van der Waals surface area contributed by atoms with Crippen LogP contribution in [0.5, 0.6) is 0 Å². The van der Waals surface area contributed by atoms with E-state index in [1.165, 1.54) is 18.6 Å². The second kappa shape index (κ2) is 5.65. The molecule has 0 radical (unpaired) electrons. The van der Waals surface area contributed by atoms with Crippen molar-refractivity contribution in [1.29, 1.82) is 0 Å². The number of methoxy groups -OCH3 is 1. The zero-order valence-electron chi connectivity index (χ0n) is 11.0. The third-order valence-corrected chi connectivity index (χ3v) is 3.94. The normalized spacial score (nSPS) is 20.2. The molecule has 0 bridgehead atoms. The van der Waals surface area contributed by atoms with Gasteiger partial charge in [0, 0.05) is 24.0 Å². The van der Waals surface area contributed by atoms with Gasteiger partial charge in [0.2, 0.25) is 5.13 Å². The maximum Gasteiger partial charge on any atom is 0.328 e. The van der Waals surface area contributed by atoms with Crippen LogP contribution in [0.2, 0.25) is 0 Å². The third kappa shape index (κ3) is 2.63. The molecule has 1 fully saturated rings. The average Bonchev–Trinajstić information content (AvgIpc) is 2.87. The summed E-state index contributed by atoms with van der Waals surface area (Å²) in [4.78, 5) is 18.4. The first kappa shape index (κ1) is 13.3. The Morgan fingerprint density at radius 3 is 2.89 bits per heavy atom. The number of nitrogens with zero attached hydrogens (tertiary/aromatic N) is 3. The fourth-order valence-electron chi connectivity index (χ4n) is 2.12. The quantitative estimate of drug-likeness (QED) is 0.787. The number of piperidine rings is 1. The molecule has 1 aromatic rings. The minimum atomic E-state index is -0.197. The van der Waals surface area contributed by atoms with Crippen LogP contribution in [0.4, 0.5) is 5.13 Å². The summed E-state index contributed by atoms with van der Waals surface area (Å²) in [6, 6.07) is -0.197. The van der Waals surface area contributed by atoms with Crippen LogP contribution in [0, 0.1) is 0 Å². The largest absolute Gasteiger partial charge is 0.467 e. The number of rotatable bonds is 3. The number of esters is 1. The van der Waals surface area contributed by atoms with E-state index in [4.69, 9.17) is 4.74 Å². The molecule has 1 aliphatic rings. The number of carbonyl (C=O) groups is 1. The van der Waals surface area contributed by atoms with Crippen molar-refractivity contribution in [2.24, 2.45) is 0 Å². The molecule has 0 N–H and O–H groups in total. The zero-order chi connectivity index (χ0) is 13.1. The highest BCUT2D eigenvalue weighted by Gasteiger charge is 2.31. The lowest BCUT2D eigenvalue weighted by molar-refractivity contribution is -0.142. The smallest absolute Gasteiger partial charge is 0.328 e. The molecule has 1 atom stereocenters. The Kier molecular flexibility index (Phi) is 4.16. The predicted octanol–water partition coefficient (Wildman–Crippen LogP) is 2.19. The number of hydrogen-bond donors (Lipinski definition) is 0. The molecule has 1 aromatic heterocycles. The molecule has 6 heteroatoms. The topological polar surface area (TPSA) is 55.3 Å². The molecule has 18 heavy (non-hydrogen) atoms. The van der Waals surface area contributed by atoms with Crippen molar-refractivity contribution < 1.29 is 9.53 Å². The highest BCUT2D eigenvalue weighted by atomic mass is 32.1. The summed E-state index contributed by atoms with van der Waals surface area (Å²) < 4.78 is 9.22. The second-order valence-corrected chi connectivity index (χ2v) is 5.55. The fourth-order valence-corrected chi connectivity index (χ4v) is 3.00. The van der Waals surface area contributed by atoms with E-state index in [2.05, 4.69) is 23.2 Å². The highest BCUT2D eigenvalue weighted by Crippen LogP contribution is 2.28. The van der Waals surface area contributed by atoms with Gasteiger partial charge in [-0.3, -0.25) is 0 Å². The van der Waals surface area contributed by atoms with Gasteiger partial charge in [-0.2, -0.15) is 4.37 Å². The summed E-state index contributed by atoms with van der Waals surface area (Å²) in [6.07, 6.45) is 2.99. The van der Waals surface area contributed by atoms with Gasteiger partial charge in [-0.05, 0) is 19.3 Å². The van der Waals surface area contributed by atoms with Gasteiger partial charge in [-0.15, -0.1) is 0 Å². The monoisotopic (exact) mass is 269 g/mol. The lowest BCUT2D eigenvalue weighted by Gasteiger charge is -2.33. The molecule has 0 spiro atoms. The van der Waals surface area contributed by atoms with Crippen molar-refractivity contribution in [2.75, 3.05) is 18.6 Å². The first-order valence-electron chi connectivity index (χ1n) is 6.31. The predicted molar refractivity (Wildman–Crippen MR) is 71.0 cm³/mol. The summed E-state index contributed by atoms with van der Waals surface area (Å²) in [7, 11) is 1.44. The molecule has 0 aromatic carbocycles. The van der Waals surface area contributed by atoms with Crippen LogP contribution in [-0.4, -0.2) is 35.0 Å². The minimum absolute atomic E-state index is 0.170. The first-order valence-corrected chi connectivity index (χ1v) is 7.09. The Hall–Kier alpha value is -1.17. The fraction of sp³-hybridized carbons (Fsp3) is 0.750. The summed E-state index contributed by atoms with van der Waals surface area (Å²) in [6.45, 7) is 4.99. The van der Waals surface area contributed by atoms with E-state index in [-0.39, 0.29) is 12.0 Å². The minimum Gasteiger partial charge on any atom is -0.467 e. The van der Waals surface area contributed by atoms with Crippen LogP contribution in [0.15, 0.2) is 0 Å². The summed E-state index contributed by atoms with van der Waals surface area (Å²) >= 11 is 1.37. The van der Waals surface area contributed by atoms with E-state index in [1.54, 1.807) is 0 Å². The first-order chi connectivity index (χ1) is 8.63. The average molecular weight is 269 g/mol. The lowest BCUT2D eigenvalue weighted by Crippen LogP contribution is -2.45. The van der Waals surface area contributed by atoms with Gasteiger partial charge in [-0.25, -0.2) is 9.78 Å². The van der Waals surface area contributed by atoms with E-state index in [1.807, 2.05) is 4.90 Å². The summed E-state index contributed by atoms with van der Waals surface area (Å²) in [5, 5.41) is 0.841. The van der Waals surface area contributed by atoms with Gasteiger partial charge in [0.1, 0.15) is 11.9 Å². The molecule has 0 amide bonds. The molecular formula is C12H19N3O2S. The van der Waals surface area contributed by atoms with E-state index in [9.17, 15) is 4.79 Å². The van der Waals surface area contributed by atoms with Crippen LogP contribution in [0.25, 0.3) is 0 Å². The van der Waals surface area contributed by atoms with Gasteiger partial charge in [0.15, 0.2) is 0 Å². The highest BCUT2D eigenvalue weighted by molar-refractivity contribution is 7.09. The summed E-state index contributed by atoms with van der Waals surface area (Å²) in [5.74, 6) is 0.997. The Bertz CT molecular complexity index is 419. The number of aromatic nitrogens is 2. The maximum atomic E-state index is 11.8. The van der Waals surface area contributed by atoms with Gasteiger partial charge in [0.05, 0.1) is 7.11 Å². The number of ether oxygens (including phenoxy) is 1. The van der Waals surface area contributed by atoms with Gasteiger partial charge in [-0.1, -0.05) is 13.8 Å². The molecule has 2 rings (SSSR count). The van der Waals surface area contributed by atoms with Crippen molar-refractivity contribution in [3.8, 4) is 0 Å². The van der Waals surface area contributed by atoms with Crippen molar-refractivity contribution in [2.45, 2.75) is 45.1 Å². The molecule has 5 nitrogen and oxygen atoms in total. The van der Waals surface area contributed by atoms with Crippen molar-refractivity contribution in [3.05, 3.63) is 5.82 Å². The van der Waals surface area contributed by atoms with E-state index in [0.29, 0.717) is 5.92 Å². The molecule has 2 heterocycles. The number of anilines is 1. The van der Waals surface area contributed by atoms with Crippen LogP contribution in [0.1, 0.15) is 44.9 Å². The van der Waals surface area contributed by atoms with Crippen LogP contribution in [-0.2, 0) is 9.53 Å². The molecule has 100 valence electrons. The van der Waals surface area contributed by atoms with Crippen LogP contribution >= 0.6 is 11.5 Å². The number of carbonyl (C=O) groups excluding carboxylic acids is 1. The molecular weight excluding hydrogens is 250 g/mol. The van der Waals surface area contributed by atoms with Crippen molar-refractivity contribution >= 4 is 22.6 Å². The van der Waals surface area contributed by atoms with Gasteiger partial charge in [0.25, 0.3) is 0 Å². The van der Waals surface area contributed by atoms with Crippen LogP contribution < -0.4 is 4.90 Å². The molecule has 1 saturated heterocycles. The van der Waals surface area contributed by atoms with E-state index < -0.39 is 0 Å². The maximum absolute atomic E-state index is 11.8. The van der Waals surface area contributed by atoms with Gasteiger partial charge < -0.3 is 9.64 Å². The Morgan fingerprint density at radius 1 is 1.50 bits per heavy atom. The summed E-state index contributed by atoms with van der Waals surface area (Å²) in [5.41, 5.74) is 0. The van der Waals surface area contributed by atoms with E-state index >= 15 is 0 Å². The molecule has 0 aliphatic carbocycles. The Balaban J connectivity index is 2.19. The molecule has 1 aliphatic heterocycles. The zero-order valence-corrected chi connectivity index (χ0v) is 11.9. The SMILES string of the molecule is COC(=O)C1CCCCN1c1nc(C(C)C)ns1. The number of hydrogen-bond acceptors (Lipinski definition) is 6. The van der Waals surface area contributed by atoms with Crippen LogP contribution in [0.3, 0.4) is 0 Å². The Labute approximate surface area is 111 Å². The third-order valence-electron chi connectivity index (χ3n) is 3.17. The standard InChI is InChI=1S/C12H19N3O2S/c1-8(2)10-13-12(18-14-10)15-7-5-4-6-9(15)11(16)17-3/h8-9H,4-7H2,1-3H3. The van der Waals surface area contributed by atoms with Crippen molar-refractivity contribution in [3.63, 3.8) is 0 Å². The van der Waals surface area contributed by atoms with E-state index in [0.717, 1.165) is 36.8 Å². The Morgan fingerprint density at radius 2 is 2.28 bits per heavy atom. The molecule has 0 saturated carbocycles.